The second-order valence-electron chi connectivity index (χ2n) is 9.28. The van der Waals surface area contributed by atoms with Gasteiger partial charge in [0.2, 0.25) is 17.7 Å². The number of hydrogen-bond donors (Lipinski definition) is 2. The normalized spacial score (nSPS) is 25.4. The molecular weight excluding hydrogens is 418 g/mol. The molecule has 4 rings (SSSR count). The van der Waals surface area contributed by atoms with Crippen molar-refractivity contribution in [3.63, 3.8) is 0 Å². The molecule has 8 heteroatoms. The van der Waals surface area contributed by atoms with Crippen molar-refractivity contribution in [1.82, 2.24) is 15.3 Å². The topological polar surface area (TPSA) is 88.6 Å². The van der Waals surface area contributed by atoms with Gasteiger partial charge in [-0.2, -0.15) is 4.98 Å². The van der Waals surface area contributed by atoms with E-state index in [0.717, 1.165) is 44.5 Å². The standard InChI is InChI=1S/C25H35N5O3/c1-17-14-30(15-18(2)33-17)23-10-8-22(9-11-23)28-25-26-13-12-24(29-25)32-16-20-4-6-21(7-5-20)27-19(3)31/h8-13,17-18,20-21H,4-7,14-16H2,1-3H3,(H,27,31)(H,26,28,29)/t17-,18+,20-,21-. The third kappa shape index (κ3) is 6.81. The predicted molar refractivity (Wildman–Crippen MR) is 129 cm³/mol. The van der Waals surface area contributed by atoms with Crippen LogP contribution in [0.4, 0.5) is 17.3 Å². The van der Waals surface area contributed by atoms with Gasteiger partial charge < -0.3 is 25.0 Å². The Balaban J connectivity index is 1.27. The third-order valence-corrected chi connectivity index (χ3v) is 6.26. The van der Waals surface area contributed by atoms with E-state index in [4.69, 9.17) is 9.47 Å². The van der Waals surface area contributed by atoms with Crippen LogP contribution in [0.25, 0.3) is 0 Å². The van der Waals surface area contributed by atoms with Gasteiger partial charge in [-0.25, -0.2) is 4.98 Å². The SMILES string of the molecule is CC(=O)N[C@H]1CC[C@H](COc2ccnc(Nc3ccc(N4C[C@@H](C)O[C@@H](C)C4)cc3)n2)CC1. The van der Waals surface area contributed by atoms with Crippen LogP contribution >= 0.6 is 0 Å². The van der Waals surface area contributed by atoms with Crippen molar-refractivity contribution >= 4 is 23.2 Å². The maximum absolute atomic E-state index is 11.2. The fourth-order valence-electron chi connectivity index (χ4n) is 4.72. The van der Waals surface area contributed by atoms with Crippen molar-refractivity contribution in [2.45, 2.75) is 64.7 Å². The maximum atomic E-state index is 11.2. The highest BCUT2D eigenvalue weighted by Crippen LogP contribution is 2.26. The van der Waals surface area contributed by atoms with Gasteiger partial charge in [0.15, 0.2) is 0 Å². The molecule has 1 aliphatic carbocycles. The molecule has 1 aromatic carbocycles. The molecule has 2 aliphatic rings. The summed E-state index contributed by atoms with van der Waals surface area (Å²) in [6.07, 6.45) is 6.28. The minimum absolute atomic E-state index is 0.0515. The number of nitrogens with zero attached hydrogens (tertiary/aromatic N) is 3. The molecular formula is C25H35N5O3. The number of amides is 1. The summed E-state index contributed by atoms with van der Waals surface area (Å²) in [5.41, 5.74) is 2.12. The fraction of sp³-hybridized carbons (Fsp3) is 0.560. The number of nitrogens with one attached hydrogen (secondary N) is 2. The molecule has 2 N–H and O–H groups in total. The van der Waals surface area contributed by atoms with Crippen LogP contribution in [0, 0.1) is 5.92 Å². The van der Waals surface area contributed by atoms with E-state index in [1.54, 1.807) is 19.2 Å². The van der Waals surface area contributed by atoms with Gasteiger partial charge in [-0.1, -0.05) is 0 Å². The number of anilines is 3. The van der Waals surface area contributed by atoms with Crippen molar-refractivity contribution in [3.8, 4) is 5.88 Å². The van der Waals surface area contributed by atoms with Crippen LogP contribution in [0.2, 0.25) is 0 Å². The summed E-state index contributed by atoms with van der Waals surface area (Å²) in [7, 11) is 0. The zero-order valence-corrected chi connectivity index (χ0v) is 19.8. The van der Waals surface area contributed by atoms with Crippen molar-refractivity contribution in [1.29, 1.82) is 0 Å². The molecule has 2 atom stereocenters. The van der Waals surface area contributed by atoms with E-state index in [1.165, 1.54) is 5.69 Å². The minimum atomic E-state index is 0.0515. The zero-order valence-electron chi connectivity index (χ0n) is 19.8. The first-order valence-electron chi connectivity index (χ1n) is 11.9. The summed E-state index contributed by atoms with van der Waals surface area (Å²) >= 11 is 0. The van der Waals surface area contributed by atoms with Gasteiger partial charge in [-0.15, -0.1) is 0 Å². The Labute approximate surface area is 196 Å². The van der Waals surface area contributed by atoms with Gasteiger partial charge in [-0.3, -0.25) is 4.79 Å². The molecule has 1 amide bonds. The summed E-state index contributed by atoms with van der Waals surface area (Å²) in [6.45, 7) is 8.23. The number of hydrogen-bond acceptors (Lipinski definition) is 7. The number of ether oxygens (including phenoxy) is 2. The van der Waals surface area contributed by atoms with E-state index in [2.05, 4.69) is 51.5 Å². The van der Waals surface area contributed by atoms with Gasteiger partial charge in [0, 0.05) is 49.7 Å². The molecule has 0 bridgehead atoms. The molecule has 178 valence electrons. The predicted octanol–water partition coefficient (Wildman–Crippen LogP) is 3.91. The summed E-state index contributed by atoms with van der Waals surface area (Å²) in [5.74, 6) is 1.63. The first-order valence-corrected chi connectivity index (χ1v) is 11.9. The minimum Gasteiger partial charge on any atom is -0.477 e. The Morgan fingerprint density at radius 1 is 1.09 bits per heavy atom. The first kappa shape index (κ1) is 23.3. The molecule has 0 unspecified atom stereocenters. The highest BCUT2D eigenvalue weighted by atomic mass is 16.5. The van der Waals surface area contributed by atoms with Gasteiger partial charge >= 0.3 is 0 Å². The highest BCUT2D eigenvalue weighted by Gasteiger charge is 2.23. The number of benzene rings is 1. The Hall–Kier alpha value is -2.87. The summed E-state index contributed by atoms with van der Waals surface area (Å²) in [4.78, 5) is 22.4. The van der Waals surface area contributed by atoms with Crippen LogP contribution in [0.5, 0.6) is 5.88 Å². The fourth-order valence-corrected chi connectivity index (χ4v) is 4.72. The van der Waals surface area contributed by atoms with Crippen molar-refractivity contribution in [2.75, 3.05) is 29.9 Å². The van der Waals surface area contributed by atoms with Crippen molar-refractivity contribution in [3.05, 3.63) is 36.5 Å². The monoisotopic (exact) mass is 453 g/mol. The lowest BCUT2D eigenvalue weighted by Gasteiger charge is -2.36. The van der Waals surface area contributed by atoms with Crippen LogP contribution in [0.3, 0.4) is 0 Å². The van der Waals surface area contributed by atoms with E-state index in [1.807, 2.05) is 12.1 Å². The first-order chi connectivity index (χ1) is 15.9. The third-order valence-electron chi connectivity index (χ3n) is 6.26. The van der Waals surface area contributed by atoms with Gasteiger partial charge in [0.25, 0.3) is 0 Å². The lowest BCUT2D eigenvalue weighted by atomic mass is 9.86. The number of carbonyl (C=O) groups excluding carboxylic acids is 1. The number of rotatable bonds is 7. The summed E-state index contributed by atoms with van der Waals surface area (Å²) in [5, 5.41) is 6.28. The Bertz CT molecular complexity index is 905. The molecule has 2 aromatic rings. The molecule has 8 nitrogen and oxygen atoms in total. The van der Waals surface area contributed by atoms with Gasteiger partial charge in [0.1, 0.15) is 0 Å². The molecule has 33 heavy (non-hydrogen) atoms. The maximum Gasteiger partial charge on any atom is 0.230 e. The van der Waals surface area contributed by atoms with Gasteiger partial charge in [-0.05, 0) is 69.7 Å². The van der Waals surface area contributed by atoms with Crippen molar-refractivity contribution in [2.24, 2.45) is 5.92 Å². The second-order valence-corrected chi connectivity index (χ2v) is 9.28. The lowest BCUT2D eigenvalue weighted by molar-refractivity contribution is -0.119. The summed E-state index contributed by atoms with van der Waals surface area (Å²) in [6, 6.07) is 10.4. The van der Waals surface area contributed by atoms with Crippen LogP contribution in [-0.4, -0.2) is 53.8 Å². The highest BCUT2D eigenvalue weighted by molar-refractivity contribution is 5.73. The Morgan fingerprint density at radius 3 is 2.45 bits per heavy atom. The second kappa shape index (κ2) is 10.8. The average Bonchev–Trinajstić information content (AvgIpc) is 2.78. The van der Waals surface area contributed by atoms with Crippen LogP contribution in [0.1, 0.15) is 46.5 Å². The quantitative estimate of drug-likeness (QED) is 0.657. The number of aromatic nitrogens is 2. The van der Waals surface area contributed by atoms with E-state index >= 15 is 0 Å². The zero-order chi connectivity index (χ0) is 23.2. The van der Waals surface area contributed by atoms with Crippen LogP contribution in [0.15, 0.2) is 36.5 Å². The van der Waals surface area contributed by atoms with Gasteiger partial charge in [0.05, 0.1) is 18.8 Å². The van der Waals surface area contributed by atoms with E-state index in [-0.39, 0.29) is 18.1 Å². The molecule has 1 saturated heterocycles. The van der Waals surface area contributed by atoms with Crippen LogP contribution < -0.4 is 20.3 Å². The Morgan fingerprint density at radius 2 is 1.79 bits per heavy atom. The molecule has 2 heterocycles. The van der Waals surface area contributed by atoms with Crippen molar-refractivity contribution < 1.29 is 14.3 Å². The molecule has 2 fully saturated rings. The molecule has 0 spiro atoms. The Kier molecular flexibility index (Phi) is 7.65. The average molecular weight is 454 g/mol. The lowest BCUT2D eigenvalue weighted by Crippen LogP contribution is -2.45. The van der Waals surface area contributed by atoms with E-state index in [9.17, 15) is 4.79 Å². The number of morpholine rings is 1. The summed E-state index contributed by atoms with van der Waals surface area (Å²) < 4.78 is 11.8. The van der Waals surface area contributed by atoms with Crippen LogP contribution in [-0.2, 0) is 9.53 Å². The molecule has 1 aliphatic heterocycles. The van der Waals surface area contributed by atoms with E-state index in [0.29, 0.717) is 30.4 Å². The largest absolute Gasteiger partial charge is 0.477 e. The molecule has 1 saturated carbocycles. The molecule has 1 aromatic heterocycles. The smallest absolute Gasteiger partial charge is 0.230 e. The van der Waals surface area contributed by atoms with E-state index < -0.39 is 0 Å². The number of carbonyl (C=O) groups is 1. The molecule has 0 radical (unpaired) electrons.